The van der Waals surface area contributed by atoms with Gasteiger partial charge >= 0.3 is 0 Å². The standard InChI is InChI=1S/C32H40N6O8/c39-29(21-33-13-17-35(18-14-33)25-1-5-27(6-2-25)37(41)42)23-45-31-9-11-32(12-10-31)46-24-30(40)22-34-15-19-36(20-16-34)26-3-7-28(8-4-26)38(43)44/h1-12,29-30,39-40H,13-24H2/t29-,30+. The molecule has 0 bridgehead atoms. The molecule has 3 aromatic carbocycles. The molecule has 14 heteroatoms. The summed E-state index contributed by atoms with van der Waals surface area (Å²) in [6, 6.07) is 20.2. The van der Waals surface area contributed by atoms with Gasteiger partial charge in [-0.05, 0) is 48.5 Å². The van der Waals surface area contributed by atoms with Crippen LogP contribution >= 0.6 is 0 Å². The molecule has 246 valence electrons. The van der Waals surface area contributed by atoms with Gasteiger partial charge in [-0.3, -0.25) is 30.0 Å². The quantitative estimate of drug-likeness (QED) is 0.197. The number of ether oxygens (including phenoxy) is 2. The van der Waals surface area contributed by atoms with Crippen molar-refractivity contribution in [3.8, 4) is 11.5 Å². The number of anilines is 2. The number of hydrogen-bond donors (Lipinski definition) is 2. The Morgan fingerprint density at radius 1 is 0.565 bits per heavy atom. The summed E-state index contributed by atoms with van der Waals surface area (Å²) in [4.78, 5) is 29.7. The van der Waals surface area contributed by atoms with E-state index in [1.807, 2.05) is 0 Å². The van der Waals surface area contributed by atoms with Crippen molar-refractivity contribution in [3.05, 3.63) is 93.0 Å². The van der Waals surface area contributed by atoms with Crippen molar-refractivity contribution in [2.45, 2.75) is 12.2 Å². The number of β-amino-alcohol motifs (C(OH)–C–C–N with tert-alkyl or cyclic N) is 2. The van der Waals surface area contributed by atoms with Crippen LogP contribution in [0.3, 0.4) is 0 Å². The molecule has 0 aromatic heterocycles. The predicted molar refractivity (Wildman–Crippen MR) is 173 cm³/mol. The van der Waals surface area contributed by atoms with Gasteiger partial charge in [-0.1, -0.05) is 0 Å². The Hall–Kier alpha value is -4.50. The van der Waals surface area contributed by atoms with Crippen molar-refractivity contribution >= 4 is 22.7 Å². The molecule has 14 nitrogen and oxygen atoms in total. The molecule has 2 N–H and O–H groups in total. The first-order valence-corrected chi connectivity index (χ1v) is 15.4. The lowest BCUT2D eigenvalue weighted by molar-refractivity contribution is -0.385. The van der Waals surface area contributed by atoms with Crippen LogP contribution in [0.15, 0.2) is 72.8 Å². The maximum absolute atomic E-state index is 10.9. The summed E-state index contributed by atoms with van der Waals surface area (Å²) in [5, 5.41) is 42.8. The van der Waals surface area contributed by atoms with Crippen molar-refractivity contribution < 1.29 is 29.5 Å². The van der Waals surface area contributed by atoms with Crippen LogP contribution in [-0.2, 0) is 0 Å². The van der Waals surface area contributed by atoms with Crippen LogP contribution in [-0.4, -0.2) is 121 Å². The average Bonchev–Trinajstić information content (AvgIpc) is 3.07. The number of aliphatic hydroxyl groups is 2. The minimum atomic E-state index is -0.659. The molecule has 2 heterocycles. The summed E-state index contributed by atoms with van der Waals surface area (Å²) in [5.74, 6) is 1.22. The fourth-order valence-electron chi connectivity index (χ4n) is 5.67. The lowest BCUT2D eigenvalue weighted by Crippen LogP contribution is -2.49. The molecule has 0 aliphatic carbocycles. The van der Waals surface area contributed by atoms with E-state index in [-0.39, 0.29) is 24.6 Å². The Balaban J connectivity index is 0.950. The van der Waals surface area contributed by atoms with Crippen molar-refractivity contribution in [2.24, 2.45) is 0 Å². The number of rotatable bonds is 14. The molecular formula is C32H40N6O8. The van der Waals surface area contributed by atoms with Crippen molar-refractivity contribution in [1.29, 1.82) is 0 Å². The van der Waals surface area contributed by atoms with Gasteiger partial charge in [-0.15, -0.1) is 0 Å². The largest absolute Gasteiger partial charge is 0.491 e. The summed E-state index contributed by atoms with van der Waals surface area (Å²) in [5.41, 5.74) is 2.06. The maximum atomic E-state index is 10.9. The van der Waals surface area contributed by atoms with Crippen molar-refractivity contribution in [1.82, 2.24) is 9.80 Å². The molecule has 2 fully saturated rings. The van der Waals surface area contributed by atoms with Crippen LogP contribution in [0, 0.1) is 20.2 Å². The summed E-state index contributed by atoms with van der Waals surface area (Å²) in [6.07, 6.45) is -1.32. The zero-order valence-corrected chi connectivity index (χ0v) is 25.6. The number of benzene rings is 3. The highest BCUT2D eigenvalue weighted by molar-refractivity contribution is 5.52. The number of non-ortho nitro benzene ring substituents is 2. The number of nitrogens with zero attached hydrogens (tertiary/aromatic N) is 6. The molecule has 46 heavy (non-hydrogen) atoms. The van der Waals surface area contributed by atoms with Crippen LogP contribution in [0.5, 0.6) is 11.5 Å². The van der Waals surface area contributed by atoms with Gasteiger partial charge in [0.1, 0.15) is 36.9 Å². The second-order valence-electron chi connectivity index (χ2n) is 11.5. The Labute approximate surface area is 267 Å². The van der Waals surface area contributed by atoms with Gasteiger partial charge < -0.3 is 29.5 Å². The van der Waals surface area contributed by atoms with Crippen LogP contribution in [0.25, 0.3) is 0 Å². The molecule has 2 aliphatic rings. The third kappa shape index (κ3) is 9.26. The predicted octanol–water partition coefficient (Wildman–Crippen LogP) is 2.63. The lowest BCUT2D eigenvalue weighted by atomic mass is 10.2. The molecule has 2 aliphatic heterocycles. The zero-order valence-electron chi connectivity index (χ0n) is 25.6. The van der Waals surface area contributed by atoms with E-state index in [2.05, 4.69) is 19.6 Å². The highest BCUT2D eigenvalue weighted by atomic mass is 16.6. The molecular weight excluding hydrogens is 596 g/mol. The maximum Gasteiger partial charge on any atom is 0.269 e. The van der Waals surface area contributed by atoms with E-state index >= 15 is 0 Å². The normalized spacial score (nSPS) is 17.3. The number of nitro benzene ring substituents is 2. The highest BCUT2D eigenvalue weighted by Crippen LogP contribution is 2.23. The smallest absolute Gasteiger partial charge is 0.269 e. The monoisotopic (exact) mass is 636 g/mol. The van der Waals surface area contributed by atoms with Crippen LogP contribution in [0.4, 0.5) is 22.7 Å². The first kappa shape index (κ1) is 32.9. The highest BCUT2D eigenvalue weighted by Gasteiger charge is 2.22. The summed E-state index contributed by atoms with van der Waals surface area (Å²) >= 11 is 0. The molecule has 0 spiro atoms. The molecule has 3 aromatic rings. The van der Waals surface area contributed by atoms with E-state index < -0.39 is 22.1 Å². The first-order valence-electron chi connectivity index (χ1n) is 15.4. The molecule has 0 saturated carbocycles. The van der Waals surface area contributed by atoms with Gasteiger partial charge in [-0.2, -0.15) is 0 Å². The van der Waals surface area contributed by atoms with Crippen LogP contribution in [0.1, 0.15) is 0 Å². The topological polar surface area (TPSA) is 158 Å². The summed E-state index contributed by atoms with van der Waals surface area (Å²) in [7, 11) is 0. The lowest BCUT2D eigenvalue weighted by Gasteiger charge is -2.36. The first-order chi connectivity index (χ1) is 22.2. The third-order valence-corrected chi connectivity index (χ3v) is 8.24. The van der Waals surface area contributed by atoms with Gasteiger partial charge in [0.25, 0.3) is 11.4 Å². The minimum Gasteiger partial charge on any atom is -0.491 e. The van der Waals surface area contributed by atoms with Gasteiger partial charge in [0, 0.05) is 101 Å². The van der Waals surface area contributed by atoms with Crippen molar-refractivity contribution in [2.75, 3.05) is 88.5 Å². The minimum absolute atomic E-state index is 0.0773. The number of nitro groups is 2. The third-order valence-electron chi connectivity index (χ3n) is 8.24. The molecule has 2 saturated heterocycles. The fraction of sp³-hybridized carbons (Fsp3) is 0.438. The van der Waals surface area contributed by atoms with Gasteiger partial charge in [0.2, 0.25) is 0 Å². The Bertz CT molecular complexity index is 1300. The number of hydrogen-bond acceptors (Lipinski definition) is 12. The van der Waals surface area contributed by atoms with E-state index in [4.69, 9.17) is 9.47 Å². The SMILES string of the molecule is O=[N+]([O-])c1ccc(N2CCN(C[C@H](O)COc3ccc(OC[C@H](O)CN4CCN(c5ccc([N+](=O)[O-])cc5)CC4)cc3)CC2)cc1. The Morgan fingerprint density at radius 3 is 1.20 bits per heavy atom. The molecule has 5 rings (SSSR count). The van der Waals surface area contributed by atoms with Gasteiger partial charge in [0.15, 0.2) is 0 Å². The second kappa shape index (κ2) is 15.7. The van der Waals surface area contributed by atoms with E-state index in [0.717, 1.165) is 63.7 Å². The Morgan fingerprint density at radius 2 is 0.891 bits per heavy atom. The Kier molecular flexibility index (Phi) is 11.2. The number of piperazine rings is 2. The summed E-state index contributed by atoms with van der Waals surface area (Å²) < 4.78 is 11.6. The summed E-state index contributed by atoms with van der Waals surface area (Å²) in [6.45, 7) is 7.41. The fourth-order valence-corrected chi connectivity index (χ4v) is 5.67. The average molecular weight is 637 g/mol. The van der Waals surface area contributed by atoms with Crippen molar-refractivity contribution in [3.63, 3.8) is 0 Å². The van der Waals surface area contributed by atoms with Crippen LogP contribution in [0.2, 0.25) is 0 Å². The molecule has 0 unspecified atom stereocenters. The van der Waals surface area contributed by atoms with E-state index in [1.54, 1.807) is 48.5 Å². The van der Waals surface area contributed by atoms with E-state index in [0.29, 0.717) is 24.6 Å². The van der Waals surface area contributed by atoms with E-state index in [9.17, 15) is 30.4 Å². The van der Waals surface area contributed by atoms with Gasteiger partial charge in [0.05, 0.1) is 9.85 Å². The van der Waals surface area contributed by atoms with Gasteiger partial charge in [-0.25, -0.2) is 0 Å². The molecule has 2 atom stereocenters. The van der Waals surface area contributed by atoms with Crippen LogP contribution < -0.4 is 19.3 Å². The van der Waals surface area contributed by atoms with E-state index in [1.165, 1.54) is 24.3 Å². The molecule has 0 amide bonds. The number of aliphatic hydroxyl groups excluding tert-OH is 2. The zero-order chi connectivity index (χ0) is 32.5. The second-order valence-corrected chi connectivity index (χ2v) is 11.5. The molecule has 0 radical (unpaired) electrons.